The molecule has 0 spiro atoms. The van der Waals surface area contributed by atoms with Crippen LogP contribution in [-0.4, -0.2) is 20.5 Å². The Morgan fingerprint density at radius 3 is 2.67 bits per heavy atom. The molecule has 1 aromatic carbocycles. The third-order valence-corrected chi connectivity index (χ3v) is 5.09. The Bertz CT molecular complexity index is 739. The number of rotatable bonds is 5. The number of hydrogen-bond donors (Lipinski definition) is 2. The summed E-state index contributed by atoms with van der Waals surface area (Å²) >= 11 is 1.26. The molecule has 114 valence electrons. The predicted octanol–water partition coefficient (Wildman–Crippen LogP) is 2.66. The molecule has 0 saturated carbocycles. The molecule has 3 N–H and O–H groups in total. The fourth-order valence-corrected chi connectivity index (χ4v) is 3.77. The second-order valence-corrected chi connectivity index (χ2v) is 7.28. The largest absolute Gasteiger partial charge is 0.495 e. The fourth-order valence-electron chi connectivity index (χ4n) is 1.63. The first-order valence-electron chi connectivity index (χ1n) is 6.25. The number of thiazole rings is 1. The average Bonchev–Trinajstić information content (AvgIpc) is 2.87. The van der Waals surface area contributed by atoms with Gasteiger partial charge in [-0.05, 0) is 18.1 Å². The number of ether oxygens (including phenoxy) is 1. The molecule has 0 radical (unpaired) electrons. The third kappa shape index (κ3) is 3.45. The quantitative estimate of drug-likeness (QED) is 0.823. The molecule has 2 rings (SSSR count). The van der Waals surface area contributed by atoms with Crippen LogP contribution in [0.15, 0.2) is 28.5 Å². The summed E-state index contributed by atoms with van der Waals surface area (Å²) in [5.41, 5.74) is 6.92. The zero-order valence-electron chi connectivity index (χ0n) is 12.0. The summed E-state index contributed by atoms with van der Waals surface area (Å²) in [6.07, 6.45) is 0. The van der Waals surface area contributed by atoms with Crippen LogP contribution in [0.5, 0.6) is 5.75 Å². The summed E-state index contributed by atoms with van der Waals surface area (Å²) in [6, 6.07) is 4.31. The van der Waals surface area contributed by atoms with Gasteiger partial charge < -0.3 is 10.5 Å². The van der Waals surface area contributed by atoms with E-state index in [-0.39, 0.29) is 10.8 Å². The molecule has 0 aliphatic heterocycles. The molecular weight excluding hydrogens is 310 g/mol. The SMILES string of the molecule is COc1cc(S(=O)(=O)Nc2nc(C(C)C)cs2)ccc1N. The molecule has 0 aliphatic rings. The molecule has 2 aromatic rings. The number of methoxy groups -OCH3 is 1. The number of nitrogens with zero attached hydrogens (tertiary/aromatic N) is 1. The molecule has 8 heteroatoms. The van der Waals surface area contributed by atoms with Crippen molar-refractivity contribution >= 4 is 32.2 Å². The van der Waals surface area contributed by atoms with E-state index in [1.165, 1.54) is 36.6 Å². The highest BCUT2D eigenvalue weighted by atomic mass is 32.2. The maximum atomic E-state index is 12.3. The minimum absolute atomic E-state index is 0.0786. The standard InChI is InChI=1S/C13H17N3O3S2/c1-8(2)11-7-20-13(15-11)16-21(17,18)9-4-5-10(14)12(6-9)19-3/h4-8H,14H2,1-3H3,(H,15,16). The number of nitrogen functional groups attached to an aromatic ring is 1. The Morgan fingerprint density at radius 2 is 2.10 bits per heavy atom. The number of benzene rings is 1. The summed E-state index contributed by atoms with van der Waals surface area (Å²) in [4.78, 5) is 4.33. The Balaban J connectivity index is 2.29. The van der Waals surface area contributed by atoms with Crippen molar-refractivity contribution in [1.29, 1.82) is 0 Å². The molecule has 0 amide bonds. The second-order valence-electron chi connectivity index (χ2n) is 4.74. The highest BCUT2D eigenvalue weighted by Crippen LogP contribution is 2.27. The number of sulfonamides is 1. The van der Waals surface area contributed by atoms with E-state index in [0.29, 0.717) is 16.6 Å². The van der Waals surface area contributed by atoms with Gasteiger partial charge in [0.1, 0.15) is 5.75 Å². The monoisotopic (exact) mass is 327 g/mol. The van der Waals surface area contributed by atoms with Crippen molar-refractivity contribution < 1.29 is 13.2 Å². The fraction of sp³-hybridized carbons (Fsp3) is 0.308. The van der Waals surface area contributed by atoms with E-state index in [0.717, 1.165) is 5.69 Å². The Labute approximate surface area is 128 Å². The van der Waals surface area contributed by atoms with Gasteiger partial charge in [0.15, 0.2) is 5.13 Å². The molecule has 0 aliphatic carbocycles. The van der Waals surface area contributed by atoms with Gasteiger partial charge >= 0.3 is 0 Å². The Morgan fingerprint density at radius 1 is 1.38 bits per heavy atom. The van der Waals surface area contributed by atoms with Gasteiger partial charge in [0.05, 0.1) is 23.4 Å². The smallest absolute Gasteiger partial charge is 0.263 e. The van der Waals surface area contributed by atoms with Gasteiger partial charge in [-0.15, -0.1) is 11.3 Å². The summed E-state index contributed by atoms with van der Waals surface area (Å²) in [5.74, 6) is 0.566. The molecule has 6 nitrogen and oxygen atoms in total. The molecular formula is C13H17N3O3S2. The van der Waals surface area contributed by atoms with Crippen LogP contribution < -0.4 is 15.2 Å². The minimum atomic E-state index is -3.71. The number of nitrogens with one attached hydrogen (secondary N) is 1. The maximum Gasteiger partial charge on any atom is 0.263 e. The van der Waals surface area contributed by atoms with Gasteiger partial charge in [-0.2, -0.15) is 0 Å². The van der Waals surface area contributed by atoms with Crippen molar-refractivity contribution in [1.82, 2.24) is 4.98 Å². The first-order valence-corrected chi connectivity index (χ1v) is 8.61. The van der Waals surface area contributed by atoms with Gasteiger partial charge in [-0.3, -0.25) is 4.72 Å². The van der Waals surface area contributed by atoms with Gasteiger partial charge in [-0.25, -0.2) is 13.4 Å². The molecule has 0 bridgehead atoms. The molecule has 21 heavy (non-hydrogen) atoms. The number of nitrogens with two attached hydrogens (primary N) is 1. The van der Waals surface area contributed by atoms with Crippen molar-refractivity contribution in [3.05, 3.63) is 29.3 Å². The third-order valence-electron chi connectivity index (χ3n) is 2.85. The van der Waals surface area contributed by atoms with E-state index >= 15 is 0 Å². The van der Waals surface area contributed by atoms with Gasteiger partial charge in [0.2, 0.25) is 0 Å². The van der Waals surface area contributed by atoms with Crippen molar-refractivity contribution in [2.75, 3.05) is 17.6 Å². The first kappa shape index (κ1) is 15.6. The lowest BCUT2D eigenvalue weighted by molar-refractivity contribution is 0.415. The number of aromatic nitrogens is 1. The van der Waals surface area contributed by atoms with E-state index < -0.39 is 10.0 Å². The normalized spacial score (nSPS) is 11.6. The summed E-state index contributed by atoms with van der Waals surface area (Å²) in [6.45, 7) is 4.00. The number of hydrogen-bond acceptors (Lipinski definition) is 6. The van der Waals surface area contributed by atoms with Crippen molar-refractivity contribution in [2.45, 2.75) is 24.7 Å². The Hall–Kier alpha value is -1.80. The summed E-state index contributed by atoms with van der Waals surface area (Å²) < 4.78 is 32.1. The summed E-state index contributed by atoms with van der Waals surface area (Å²) in [7, 11) is -2.28. The zero-order chi connectivity index (χ0) is 15.6. The van der Waals surface area contributed by atoms with Crippen molar-refractivity contribution in [2.24, 2.45) is 0 Å². The first-order chi connectivity index (χ1) is 9.83. The molecule has 1 aromatic heterocycles. The second kappa shape index (κ2) is 5.90. The predicted molar refractivity (Wildman–Crippen MR) is 84.4 cm³/mol. The van der Waals surface area contributed by atoms with E-state index in [1.807, 2.05) is 19.2 Å². The minimum Gasteiger partial charge on any atom is -0.495 e. The molecule has 0 unspecified atom stereocenters. The maximum absolute atomic E-state index is 12.3. The average molecular weight is 327 g/mol. The van der Waals surface area contributed by atoms with Crippen LogP contribution in [0, 0.1) is 0 Å². The van der Waals surface area contributed by atoms with Gasteiger partial charge in [-0.1, -0.05) is 13.8 Å². The van der Waals surface area contributed by atoms with Crippen LogP contribution in [-0.2, 0) is 10.0 Å². The zero-order valence-corrected chi connectivity index (χ0v) is 13.6. The van der Waals surface area contributed by atoms with E-state index in [9.17, 15) is 8.42 Å². The molecule has 0 fully saturated rings. The highest BCUT2D eigenvalue weighted by Gasteiger charge is 2.18. The number of anilines is 2. The van der Waals surface area contributed by atoms with Crippen molar-refractivity contribution in [3.63, 3.8) is 0 Å². The van der Waals surface area contributed by atoms with E-state index in [2.05, 4.69) is 9.71 Å². The lowest BCUT2D eigenvalue weighted by Gasteiger charge is -2.09. The topological polar surface area (TPSA) is 94.3 Å². The van der Waals surface area contributed by atoms with Gasteiger partial charge in [0, 0.05) is 11.4 Å². The Kier molecular flexibility index (Phi) is 4.38. The lowest BCUT2D eigenvalue weighted by atomic mass is 10.2. The summed E-state index contributed by atoms with van der Waals surface area (Å²) in [5, 5.41) is 2.18. The van der Waals surface area contributed by atoms with Crippen LogP contribution in [0.3, 0.4) is 0 Å². The van der Waals surface area contributed by atoms with Crippen molar-refractivity contribution in [3.8, 4) is 5.75 Å². The van der Waals surface area contributed by atoms with E-state index in [1.54, 1.807) is 0 Å². The highest BCUT2D eigenvalue weighted by molar-refractivity contribution is 7.93. The molecule has 1 heterocycles. The van der Waals surface area contributed by atoms with Crippen LogP contribution >= 0.6 is 11.3 Å². The molecule has 0 atom stereocenters. The van der Waals surface area contributed by atoms with Crippen LogP contribution in [0.2, 0.25) is 0 Å². The molecule has 0 saturated heterocycles. The lowest BCUT2D eigenvalue weighted by Crippen LogP contribution is -2.13. The van der Waals surface area contributed by atoms with Crippen LogP contribution in [0.25, 0.3) is 0 Å². The van der Waals surface area contributed by atoms with Crippen LogP contribution in [0.1, 0.15) is 25.5 Å². The van der Waals surface area contributed by atoms with E-state index in [4.69, 9.17) is 10.5 Å². The van der Waals surface area contributed by atoms with Gasteiger partial charge in [0.25, 0.3) is 10.0 Å². The van der Waals surface area contributed by atoms with Crippen LogP contribution in [0.4, 0.5) is 10.8 Å².